The maximum atomic E-state index is 12.7. The standard InChI is InChI=1S/C23H23NO5S/c1-28-13-14-29-21-10-6-9-20(16-21)24-23(25)19-8-5-7-18(15-19)17-30(26,27)22-11-3-2-4-12-22/h2-12,15-16H,13-14,17H2,1H3,(H,24,25). The molecule has 0 bridgehead atoms. The summed E-state index contributed by atoms with van der Waals surface area (Å²) < 4.78 is 35.7. The highest BCUT2D eigenvalue weighted by molar-refractivity contribution is 7.90. The van der Waals surface area contributed by atoms with E-state index in [-0.39, 0.29) is 16.6 Å². The zero-order valence-corrected chi connectivity index (χ0v) is 17.4. The summed E-state index contributed by atoms with van der Waals surface area (Å²) in [5.74, 6) is 0.108. The van der Waals surface area contributed by atoms with Crippen molar-refractivity contribution in [3.8, 4) is 5.75 Å². The van der Waals surface area contributed by atoms with Gasteiger partial charge in [0.15, 0.2) is 9.84 Å². The first-order chi connectivity index (χ1) is 14.5. The third-order valence-corrected chi connectivity index (χ3v) is 6.00. The average molecular weight is 426 g/mol. The van der Waals surface area contributed by atoms with Crippen molar-refractivity contribution in [1.29, 1.82) is 0 Å². The highest BCUT2D eigenvalue weighted by atomic mass is 32.2. The predicted molar refractivity (Wildman–Crippen MR) is 116 cm³/mol. The van der Waals surface area contributed by atoms with Crippen molar-refractivity contribution in [1.82, 2.24) is 0 Å². The zero-order valence-electron chi connectivity index (χ0n) is 16.6. The zero-order chi connectivity index (χ0) is 21.4. The Hall–Kier alpha value is -3.16. The summed E-state index contributed by atoms with van der Waals surface area (Å²) >= 11 is 0. The van der Waals surface area contributed by atoms with Gasteiger partial charge in [-0.3, -0.25) is 4.79 Å². The quantitative estimate of drug-likeness (QED) is 0.525. The molecule has 0 unspecified atom stereocenters. The molecule has 6 nitrogen and oxygen atoms in total. The Kier molecular flexibility index (Phi) is 7.21. The molecular weight excluding hydrogens is 402 g/mol. The molecule has 0 aliphatic rings. The molecule has 3 rings (SSSR count). The molecule has 0 saturated carbocycles. The molecule has 0 heterocycles. The van der Waals surface area contributed by atoms with Crippen molar-refractivity contribution in [3.63, 3.8) is 0 Å². The monoisotopic (exact) mass is 425 g/mol. The van der Waals surface area contributed by atoms with Crippen molar-refractivity contribution in [3.05, 3.63) is 90.0 Å². The highest BCUT2D eigenvalue weighted by Crippen LogP contribution is 2.20. The fraction of sp³-hybridized carbons (Fsp3) is 0.174. The van der Waals surface area contributed by atoms with E-state index < -0.39 is 9.84 Å². The van der Waals surface area contributed by atoms with Gasteiger partial charge in [-0.2, -0.15) is 0 Å². The molecule has 1 amide bonds. The molecule has 1 N–H and O–H groups in total. The fourth-order valence-electron chi connectivity index (χ4n) is 2.84. The number of hydrogen-bond acceptors (Lipinski definition) is 5. The second-order valence-electron chi connectivity index (χ2n) is 6.60. The van der Waals surface area contributed by atoms with Crippen molar-refractivity contribution >= 4 is 21.4 Å². The first-order valence-corrected chi connectivity index (χ1v) is 11.0. The van der Waals surface area contributed by atoms with Gasteiger partial charge in [0.25, 0.3) is 5.91 Å². The van der Waals surface area contributed by atoms with E-state index in [0.717, 1.165) is 0 Å². The topological polar surface area (TPSA) is 81.7 Å². The molecule has 0 radical (unpaired) electrons. The summed E-state index contributed by atoms with van der Waals surface area (Å²) in [5.41, 5.74) is 1.50. The van der Waals surface area contributed by atoms with Crippen LogP contribution in [0.4, 0.5) is 5.69 Å². The normalized spacial score (nSPS) is 11.1. The van der Waals surface area contributed by atoms with Crippen LogP contribution in [0.1, 0.15) is 15.9 Å². The molecule has 0 fully saturated rings. The van der Waals surface area contributed by atoms with Gasteiger partial charge in [-0.15, -0.1) is 0 Å². The van der Waals surface area contributed by atoms with E-state index >= 15 is 0 Å². The Labute approximate surface area is 176 Å². The Bertz CT molecular complexity index is 1100. The number of amides is 1. The van der Waals surface area contributed by atoms with Crippen molar-refractivity contribution in [2.45, 2.75) is 10.6 Å². The summed E-state index contributed by atoms with van der Waals surface area (Å²) in [4.78, 5) is 12.9. The van der Waals surface area contributed by atoms with Crippen LogP contribution in [0.25, 0.3) is 0 Å². The number of carbonyl (C=O) groups is 1. The van der Waals surface area contributed by atoms with E-state index in [1.54, 1.807) is 86.0 Å². The Morgan fingerprint density at radius 1 is 0.900 bits per heavy atom. The van der Waals surface area contributed by atoms with Crippen molar-refractivity contribution in [2.24, 2.45) is 0 Å². The predicted octanol–water partition coefficient (Wildman–Crippen LogP) is 3.94. The highest BCUT2D eigenvalue weighted by Gasteiger charge is 2.16. The number of sulfone groups is 1. The maximum absolute atomic E-state index is 12.7. The third-order valence-electron chi connectivity index (χ3n) is 4.30. The summed E-state index contributed by atoms with van der Waals surface area (Å²) in [7, 11) is -1.89. The minimum Gasteiger partial charge on any atom is -0.491 e. The molecule has 3 aromatic carbocycles. The number of carbonyl (C=O) groups excluding carboxylic acids is 1. The minimum atomic E-state index is -3.49. The van der Waals surface area contributed by atoms with Gasteiger partial charge < -0.3 is 14.8 Å². The van der Waals surface area contributed by atoms with Crippen LogP contribution in [0.5, 0.6) is 5.75 Å². The van der Waals surface area contributed by atoms with Crippen LogP contribution >= 0.6 is 0 Å². The van der Waals surface area contributed by atoms with E-state index in [0.29, 0.717) is 35.8 Å². The summed E-state index contributed by atoms with van der Waals surface area (Å²) in [6.45, 7) is 0.876. The molecule has 0 atom stereocenters. The summed E-state index contributed by atoms with van der Waals surface area (Å²) in [6, 6.07) is 21.9. The van der Waals surface area contributed by atoms with E-state index in [1.165, 1.54) is 0 Å². The molecule has 0 aromatic heterocycles. The second-order valence-corrected chi connectivity index (χ2v) is 8.59. The Morgan fingerprint density at radius 3 is 2.43 bits per heavy atom. The van der Waals surface area contributed by atoms with Gasteiger partial charge in [0, 0.05) is 24.4 Å². The lowest BCUT2D eigenvalue weighted by Gasteiger charge is -2.10. The van der Waals surface area contributed by atoms with E-state index in [9.17, 15) is 13.2 Å². The van der Waals surface area contributed by atoms with Gasteiger partial charge in [-0.05, 0) is 42.0 Å². The Balaban J connectivity index is 1.70. The first-order valence-electron chi connectivity index (χ1n) is 9.38. The molecule has 7 heteroatoms. The number of hydrogen-bond donors (Lipinski definition) is 1. The number of ether oxygens (including phenoxy) is 2. The largest absolute Gasteiger partial charge is 0.491 e. The molecule has 30 heavy (non-hydrogen) atoms. The van der Waals surface area contributed by atoms with Gasteiger partial charge in [0.2, 0.25) is 0 Å². The van der Waals surface area contributed by atoms with Gasteiger partial charge in [-0.1, -0.05) is 36.4 Å². The molecule has 0 saturated heterocycles. The fourth-order valence-corrected chi connectivity index (χ4v) is 4.20. The summed E-state index contributed by atoms with van der Waals surface area (Å²) in [5, 5.41) is 2.81. The molecular formula is C23H23NO5S. The number of anilines is 1. The van der Waals surface area contributed by atoms with Crippen LogP contribution in [-0.4, -0.2) is 34.6 Å². The molecule has 0 aliphatic carbocycles. The van der Waals surface area contributed by atoms with Crippen LogP contribution in [0.2, 0.25) is 0 Å². The second kappa shape index (κ2) is 10.0. The van der Waals surface area contributed by atoms with Crippen LogP contribution in [0.3, 0.4) is 0 Å². The molecule has 156 valence electrons. The molecule has 0 aliphatic heterocycles. The number of rotatable bonds is 9. The molecule has 3 aromatic rings. The van der Waals surface area contributed by atoms with E-state index in [1.807, 2.05) is 0 Å². The SMILES string of the molecule is COCCOc1cccc(NC(=O)c2cccc(CS(=O)(=O)c3ccccc3)c2)c1. The van der Waals surface area contributed by atoms with Gasteiger partial charge >= 0.3 is 0 Å². The van der Waals surface area contributed by atoms with E-state index in [2.05, 4.69) is 5.32 Å². The number of nitrogens with one attached hydrogen (secondary N) is 1. The van der Waals surface area contributed by atoms with Crippen LogP contribution in [0, 0.1) is 0 Å². The lowest BCUT2D eigenvalue weighted by molar-refractivity contribution is 0.102. The number of methoxy groups -OCH3 is 1. The first kappa shape index (κ1) is 21.5. The third kappa shape index (κ3) is 5.92. The van der Waals surface area contributed by atoms with Crippen molar-refractivity contribution < 1.29 is 22.7 Å². The Morgan fingerprint density at radius 2 is 1.67 bits per heavy atom. The van der Waals surface area contributed by atoms with Gasteiger partial charge in [-0.25, -0.2) is 8.42 Å². The maximum Gasteiger partial charge on any atom is 0.255 e. The van der Waals surface area contributed by atoms with Crippen LogP contribution < -0.4 is 10.1 Å². The summed E-state index contributed by atoms with van der Waals surface area (Å²) in [6.07, 6.45) is 0. The molecule has 0 spiro atoms. The van der Waals surface area contributed by atoms with Gasteiger partial charge in [0.1, 0.15) is 12.4 Å². The van der Waals surface area contributed by atoms with Gasteiger partial charge in [0.05, 0.1) is 17.3 Å². The number of benzene rings is 3. The minimum absolute atomic E-state index is 0.180. The smallest absolute Gasteiger partial charge is 0.255 e. The lowest BCUT2D eigenvalue weighted by atomic mass is 10.1. The van der Waals surface area contributed by atoms with Crippen LogP contribution in [-0.2, 0) is 20.3 Å². The average Bonchev–Trinajstić information content (AvgIpc) is 2.75. The van der Waals surface area contributed by atoms with Crippen LogP contribution in [0.15, 0.2) is 83.8 Å². The van der Waals surface area contributed by atoms with Crippen molar-refractivity contribution in [2.75, 3.05) is 25.6 Å². The lowest BCUT2D eigenvalue weighted by Crippen LogP contribution is -2.13. The van der Waals surface area contributed by atoms with E-state index in [4.69, 9.17) is 9.47 Å².